The molecule has 0 radical (unpaired) electrons. The molecule has 0 aliphatic carbocycles. The van der Waals surface area contributed by atoms with E-state index < -0.39 is 29.5 Å². The van der Waals surface area contributed by atoms with E-state index in [-0.39, 0.29) is 5.92 Å². The summed E-state index contributed by atoms with van der Waals surface area (Å²) in [5.41, 5.74) is 1.43. The minimum atomic E-state index is -1.20. The number of imide groups is 1. The van der Waals surface area contributed by atoms with Crippen molar-refractivity contribution < 1.29 is 19.5 Å². The first-order valence-electron chi connectivity index (χ1n) is 8.76. The molecule has 1 aromatic carbocycles. The van der Waals surface area contributed by atoms with Crippen molar-refractivity contribution in [2.45, 2.75) is 38.8 Å². The minimum Gasteiger partial charge on any atom is -0.480 e. The fraction of sp³-hybridized carbons (Fsp3) is 0.421. The average molecular weight is 355 g/mol. The van der Waals surface area contributed by atoms with Crippen molar-refractivity contribution in [2.75, 3.05) is 6.54 Å². The molecule has 0 bridgehead atoms. The van der Waals surface area contributed by atoms with Gasteiger partial charge in [-0.3, -0.25) is 4.79 Å². The summed E-state index contributed by atoms with van der Waals surface area (Å²) in [5.74, 6) is -2.02. The van der Waals surface area contributed by atoms with Crippen molar-refractivity contribution in [3.05, 3.63) is 35.5 Å². The Morgan fingerprint density at radius 3 is 2.62 bits per heavy atom. The van der Waals surface area contributed by atoms with Crippen molar-refractivity contribution in [3.63, 3.8) is 0 Å². The van der Waals surface area contributed by atoms with Gasteiger partial charge in [0, 0.05) is 17.4 Å². The standard InChI is InChI=1S/C19H21N3O4/c1-10(2)14(16(23)24)22-17(25)19(3)15-12(8-9-21(19)18(22)26)11-6-4-5-7-13(11)20-15/h4-7,10,14,20H,8-9H2,1-3H3,(H,23,24)/t14-,19+/m0/s1. The number of H-pyrrole nitrogens is 1. The second-order valence-electron chi connectivity index (χ2n) is 7.48. The van der Waals surface area contributed by atoms with E-state index in [2.05, 4.69) is 4.98 Å². The van der Waals surface area contributed by atoms with Crippen molar-refractivity contribution in [1.29, 1.82) is 0 Å². The van der Waals surface area contributed by atoms with Gasteiger partial charge < -0.3 is 15.0 Å². The Bertz CT molecular complexity index is 947. The van der Waals surface area contributed by atoms with Crippen LogP contribution in [0, 0.1) is 5.92 Å². The van der Waals surface area contributed by atoms with Crippen LogP contribution >= 0.6 is 0 Å². The molecule has 26 heavy (non-hydrogen) atoms. The molecule has 0 spiro atoms. The quantitative estimate of drug-likeness (QED) is 0.826. The van der Waals surface area contributed by atoms with Gasteiger partial charge in [0.25, 0.3) is 5.91 Å². The number of rotatable bonds is 3. The van der Waals surface area contributed by atoms with Gasteiger partial charge in [-0.2, -0.15) is 0 Å². The average Bonchev–Trinajstić information content (AvgIpc) is 3.05. The van der Waals surface area contributed by atoms with Crippen molar-refractivity contribution >= 4 is 28.8 Å². The Morgan fingerprint density at radius 2 is 1.96 bits per heavy atom. The summed E-state index contributed by atoms with van der Waals surface area (Å²) in [6, 6.07) is 6.09. The highest BCUT2D eigenvalue weighted by molar-refractivity contribution is 6.10. The Hall–Kier alpha value is -2.83. The maximum Gasteiger partial charge on any atom is 0.328 e. The number of aromatic nitrogens is 1. The van der Waals surface area contributed by atoms with Crippen LogP contribution in [0.3, 0.4) is 0 Å². The fourth-order valence-corrected chi connectivity index (χ4v) is 4.36. The first-order chi connectivity index (χ1) is 12.3. The monoisotopic (exact) mass is 355 g/mol. The number of carbonyl (C=O) groups is 3. The number of hydrogen-bond acceptors (Lipinski definition) is 3. The molecule has 136 valence electrons. The van der Waals surface area contributed by atoms with Crippen molar-refractivity contribution in [1.82, 2.24) is 14.8 Å². The summed E-state index contributed by atoms with van der Waals surface area (Å²) >= 11 is 0. The molecule has 7 nitrogen and oxygen atoms in total. The number of urea groups is 1. The van der Waals surface area contributed by atoms with Crippen LogP contribution in [-0.2, 0) is 21.5 Å². The number of carboxylic acid groups (broad SMARTS) is 1. The number of amides is 3. The molecule has 7 heteroatoms. The third-order valence-electron chi connectivity index (χ3n) is 5.66. The zero-order chi connectivity index (χ0) is 18.8. The Balaban J connectivity index is 1.89. The van der Waals surface area contributed by atoms with E-state index in [0.29, 0.717) is 18.7 Å². The molecule has 3 heterocycles. The number of fused-ring (bicyclic) bond motifs is 5. The van der Waals surface area contributed by atoms with Crippen LogP contribution in [0.2, 0.25) is 0 Å². The fourth-order valence-electron chi connectivity index (χ4n) is 4.36. The topological polar surface area (TPSA) is 93.7 Å². The summed E-state index contributed by atoms with van der Waals surface area (Å²) < 4.78 is 0. The van der Waals surface area contributed by atoms with E-state index in [0.717, 1.165) is 21.4 Å². The van der Waals surface area contributed by atoms with E-state index in [1.807, 2.05) is 24.3 Å². The molecule has 2 atom stereocenters. The zero-order valence-corrected chi connectivity index (χ0v) is 14.9. The van der Waals surface area contributed by atoms with E-state index in [4.69, 9.17) is 0 Å². The summed E-state index contributed by atoms with van der Waals surface area (Å²) in [6.45, 7) is 5.50. The third kappa shape index (κ3) is 1.91. The number of aromatic amines is 1. The number of aliphatic carboxylic acids is 1. The highest BCUT2D eigenvalue weighted by atomic mass is 16.4. The molecule has 1 saturated heterocycles. The molecule has 4 rings (SSSR count). The maximum atomic E-state index is 13.3. The lowest BCUT2D eigenvalue weighted by atomic mass is 9.86. The van der Waals surface area contributed by atoms with E-state index >= 15 is 0 Å². The lowest BCUT2D eigenvalue weighted by molar-refractivity contribution is -0.149. The number of para-hydroxylation sites is 1. The van der Waals surface area contributed by atoms with Crippen LogP contribution in [0.15, 0.2) is 24.3 Å². The predicted molar refractivity (Wildman–Crippen MR) is 94.6 cm³/mol. The van der Waals surface area contributed by atoms with Crippen molar-refractivity contribution in [3.8, 4) is 0 Å². The molecular formula is C19H21N3O4. The van der Waals surface area contributed by atoms with Crippen molar-refractivity contribution in [2.24, 2.45) is 5.92 Å². The van der Waals surface area contributed by atoms with Crippen LogP contribution in [0.4, 0.5) is 4.79 Å². The van der Waals surface area contributed by atoms with Gasteiger partial charge in [0.05, 0.1) is 5.69 Å². The Morgan fingerprint density at radius 1 is 1.27 bits per heavy atom. The molecule has 0 saturated carbocycles. The number of carboxylic acids is 1. The van der Waals surface area contributed by atoms with E-state index in [1.165, 1.54) is 4.90 Å². The maximum absolute atomic E-state index is 13.3. The van der Waals surface area contributed by atoms with Gasteiger partial charge in [-0.25, -0.2) is 14.5 Å². The summed E-state index contributed by atoms with van der Waals surface area (Å²) in [6.07, 6.45) is 0.626. The van der Waals surface area contributed by atoms with Crippen LogP contribution in [0.25, 0.3) is 10.9 Å². The van der Waals surface area contributed by atoms with Gasteiger partial charge >= 0.3 is 12.0 Å². The number of hydrogen-bond donors (Lipinski definition) is 2. The highest BCUT2D eigenvalue weighted by Gasteiger charge is 2.61. The number of nitrogens with one attached hydrogen (secondary N) is 1. The van der Waals surface area contributed by atoms with Gasteiger partial charge in [0.2, 0.25) is 0 Å². The molecule has 1 aromatic heterocycles. The number of carbonyl (C=O) groups excluding carboxylic acids is 2. The SMILES string of the molecule is CC(C)[C@@H](C(=O)O)N1C(=O)N2CCc3c([nH]c4ccccc34)[C@]2(C)C1=O. The van der Waals surface area contributed by atoms with Gasteiger partial charge in [-0.05, 0) is 30.9 Å². The first kappa shape index (κ1) is 16.6. The zero-order valence-electron chi connectivity index (χ0n) is 14.9. The number of nitrogens with zero attached hydrogens (tertiary/aromatic N) is 2. The van der Waals surface area contributed by atoms with Crippen LogP contribution in [-0.4, -0.2) is 50.4 Å². The van der Waals surface area contributed by atoms with E-state index in [1.54, 1.807) is 20.8 Å². The van der Waals surface area contributed by atoms with Crippen LogP contribution < -0.4 is 0 Å². The smallest absolute Gasteiger partial charge is 0.328 e. The molecule has 2 N–H and O–H groups in total. The molecule has 0 unspecified atom stereocenters. The molecule has 2 aromatic rings. The van der Waals surface area contributed by atoms with E-state index in [9.17, 15) is 19.5 Å². The van der Waals surface area contributed by atoms with Gasteiger partial charge in [-0.15, -0.1) is 0 Å². The Labute approximate surface area is 150 Å². The lowest BCUT2D eigenvalue weighted by Gasteiger charge is -2.36. The Kier molecular flexibility index (Phi) is 3.41. The van der Waals surface area contributed by atoms with Crippen LogP contribution in [0.5, 0.6) is 0 Å². The molecule has 2 aliphatic heterocycles. The summed E-state index contributed by atoms with van der Waals surface area (Å²) in [7, 11) is 0. The van der Waals surface area contributed by atoms with Gasteiger partial charge in [0.15, 0.2) is 5.54 Å². The number of benzene rings is 1. The normalized spacial score (nSPS) is 23.5. The summed E-state index contributed by atoms with van der Waals surface area (Å²) in [4.78, 5) is 43.8. The third-order valence-corrected chi connectivity index (χ3v) is 5.66. The highest BCUT2D eigenvalue weighted by Crippen LogP contribution is 2.44. The molecule has 1 fully saturated rings. The molecular weight excluding hydrogens is 334 g/mol. The predicted octanol–water partition coefficient (Wildman–Crippen LogP) is 2.31. The van der Waals surface area contributed by atoms with Gasteiger partial charge in [0.1, 0.15) is 6.04 Å². The molecule has 3 amide bonds. The molecule has 2 aliphatic rings. The first-order valence-corrected chi connectivity index (χ1v) is 8.76. The van der Waals surface area contributed by atoms with Crippen LogP contribution in [0.1, 0.15) is 32.0 Å². The summed E-state index contributed by atoms with van der Waals surface area (Å²) in [5, 5.41) is 10.6. The minimum absolute atomic E-state index is 0.382. The van der Waals surface area contributed by atoms with Gasteiger partial charge in [-0.1, -0.05) is 32.0 Å². The lowest BCUT2D eigenvalue weighted by Crippen LogP contribution is -2.50. The largest absolute Gasteiger partial charge is 0.480 e. The second-order valence-corrected chi connectivity index (χ2v) is 7.48. The second kappa shape index (κ2) is 5.33.